The van der Waals surface area contributed by atoms with E-state index in [-0.39, 0.29) is 46.0 Å². The number of carbonyl (C=O) groups excluding carboxylic acids is 5. The van der Waals surface area contributed by atoms with E-state index >= 15 is 0 Å². The van der Waals surface area contributed by atoms with Crippen molar-refractivity contribution in [2.24, 2.45) is 47.3 Å². The first kappa shape index (κ1) is 45.1. The summed E-state index contributed by atoms with van der Waals surface area (Å²) in [6.45, 7) is 13.8. The van der Waals surface area contributed by atoms with Gasteiger partial charge in [-0.1, -0.05) is 65.5 Å². The van der Waals surface area contributed by atoms with Gasteiger partial charge in [0.25, 0.3) is 0 Å². The zero-order valence-corrected chi connectivity index (χ0v) is 35.6. The smallest absolute Gasteiger partial charge is 0.342 e. The normalized spacial score (nSPS) is 27.9. The number of carbonyl (C=O) groups is 5. The molecule has 10 nitrogen and oxygen atoms in total. The Balaban J connectivity index is 1.24. The molecule has 4 saturated carbocycles. The fourth-order valence-electron chi connectivity index (χ4n) is 9.91. The van der Waals surface area contributed by atoms with Crippen LogP contribution >= 0.6 is 0 Å². The fraction of sp³-hybridized carbons (Fsp3) is 0.688. The molecule has 5 rings (SSSR count). The van der Waals surface area contributed by atoms with E-state index in [4.69, 9.17) is 23.7 Å². The Hall–Kier alpha value is -3.95. The van der Waals surface area contributed by atoms with Gasteiger partial charge < -0.3 is 23.7 Å². The van der Waals surface area contributed by atoms with Crippen molar-refractivity contribution >= 4 is 29.8 Å². The van der Waals surface area contributed by atoms with Crippen LogP contribution in [0.15, 0.2) is 42.5 Å². The van der Waals surface area contributed by atoms with Crippen molar-refractivity contribution in [3.8, 4) is 11.5 Å². The standard InChI is InChI=1S/C48H68O10/c1-7-32-9-13-34(14-10-32)36-17-21-38(22-18-36)46(51)56-40-25-26-43(58-47(52)39-23-19-37(20-24-39)35-15-11-33(8-2)12-16-35)42(27-40)48(53)55-29-41(57-45(50)31(5)6)28-54-44(49)30(3)4/h25-27,32-39,41H,3,5,7-24,28-29H2,1-2,4,6H3. The molecule has 1 aromatic carbocycles. The lowest BCUT2D eigenvalue weighted by Crippen LogP contribution is -2.31. The number of benzene rings is 1. The van der Waals surface area contributed by atoms with Gasteiger partial charge in [-0.3, -0.25) is 9.59 Å². The van der Waals surface area contributed by atoms with Crippen molar-refractivity contribution < 1.29 is 47.7 Å². The van der Waals surface area contributed by atoms with E-state index in [2.05, 4.69) is 27.0 Å². The van der Waals surface area contributed by atoms with Crippen LogP contribution in [0.2, 0.25) is 0 Å². The second kappa shape index (κ2) is 21.9. The van der Waals surface area contributed by atoms with Gasteiger partial charge in [0.1, 0.15) is 30.3 Å². The molecule has 10 heteroatoms. The van der Waals surface area contributed by atoms with Crippen LogP contribution in [0.3, 0.4) is 0 Å². The summed E-state index contributed by atoms with van der Waals surface area (Å²) in [6.07, 6.45) is 18.6. The molecule has 0 saturated heterocycles. The first-order valence-electron chi connectivity index (χ1n) is 22.3. The van der Waals surface area contributed by atoms with Crippen molar-refractivity contribution in [1.82, 2.24) is 0 Å². The minimum absolute atomic E-state index is 0.0164. The summed E-state index contributed by atoms with van der Waals surface area (Å²) in [5.41, 5.74) is 0.141. The monoisotopic (exact) mass is 804 g/mol. The van der Waals surface area contributed by atoms with Gasteiger partial charge in [-0.25, -0.2) is 14.4 Å². The van der Waals surface area contributed by atoms with Gasteiger partial charge >= 0.3 is 29.8 Å². The van der Waals surface area contributed by atoms with Crippen LogP contribution in [0.25, 0.3) is 0 Å². The minimum atomic E-state index is -1.16. The molecule has 0 bridgehead atoms. The molecule has 58 heavy (non-hydrogen) atoms. The molecule has 0 radical (unpaired) electrons. The summed E-state index contributed by atoms with van der Waals surface area (Å²) in [7, 11) is 0. The van der Waals surface area contributed by atoms with E-state index in [1.165, 1.54) is 96.3 Å². The van der Waals surface area contributed by atoms with E-state index in [0.29, 0.717) is 11.8 Å². The van der Waals surface area contributed by atoms with E-state index in [1.54, 1.807) is 0 Å². The van der Waals surface area contributed by atoms with Crippen LogP contribution in [0.1, 0.15) is 154 Å². The summed E-state index contributed by atoms with van der Waals surface area (Å²) in [5, 5.41) is 0. The van der Waals surface area contributed by atoms with Crippen molar-refractivity contribution in [1.29, 1.82) is 0 Å². The molecule has 0 amide bonds. The molecule has 0 heterocycles. The Morgan fingerprint density at radius 2 is 1.02 bits per heavy atom. The average molecular weight is 805 g/mol. The molecule has 0 aliphatic heterocycles. The number of esters is 5. The zero-order valence-electron chi connectivity index (χ0n) is 35.6. The quantitative estimate of drug-likeness (QED) is 0.0688. The molecule has 1 atom stereocenters. The van der Waals surface area contributed by atoms with Gasteiger partial charge in [0.05, 0.1) is 11.8 Å². The number of hydrogen-bond donors (Lipinski definition) is 0. The molecule has 1 unspecified atom stereocenters. The highest BCUT2D eigenvalue weighted by Gasteiger charge is 2.36. The van der Waals surface area contributed by atoms with Crippen molar-refractivity contribution in [3.63, 3.8) is 0 Å². The molecular formula is C48H68O10. The second-order valence-corrected chi connectivity index (χ2v) is 17.9. The Labute approximate surface area is 346 Å². The fourth-order valence-corrected chi connectivity index (χ4v) is 9.91. The van der Waals surface area contributed by atoms with Crippen LogP contribution in [-0.2, 0) is 33.4 Å². The second-order valence-electron chi connectivity index (χ2n) is 17.9. The summed E-state index contributed by atoms with van der Waals surface area (Å²) in [6, 6.07) is 4.36. The molecule has 4 aliphatic rings. The Morgan fingerprint density at radius 1 is 0.586 bits per heavy atom. The van der Waals surface area contributed by atoms with Crippen LogP contribution in [0.5, 0.6) is 11.5 Å². The van der Waals surface area contributed by atoms with Crippen LogP contribution < -0.4 is 9.47 Å². The predicted molar refractivity (Wildman–Crippen MR) is 221 cm³/mol. The maximum Gasteiger partial charge on any atom is 0.342 e. The van der Waals surface area contributed by atoms with Gasteiger partial charge in [0.2, 0.25) is 0 Å². The zero-order chi connectivity index (χ0) is 41.8. The molecule has 0 N–H and O–H groups in total. The average Bonchev–Trinajstić information content (AvgIpc) is 3.24. The highest BCUT2D eigenvalue weighted by atomic mass is 16.6. The lowest BCUT2D eigenvalue weighted by Gasteiger charge is -2.37. The lowest BCUT2D eigenvalue weighted by atomic mass is 9.69. The van der Waals surface area contributed by atoms with Crippen LogP contribution in [0.4, 0.5) is 0 Å². The summed E-state index contributed by atoms with van der Waals surface area (Å²) in [4.78, 5) is 65.4. The third-order valence-corrected chi connectivity index (χ3v) is 13.9. The van der Waals surface area contributed by atoms with Gasteiger partial charge in [0, 0.05) is 11.1 Å². The van der Waals surface area contributed by atoms with Crippen molar-refractivity contribution in [2.45, 2.75) is 149 Å². The van der Waals surface area contributed by atoms with E-state index < -0.39 is 43.2 Å². The maximum absolute atomic E-state index is 13.8. The van der Waals surface area contributed by atoms with E-state index in [9.17, 15) is 24.0 Å². The summed E-state index contributed by atoms with van der Waals surface area (Å²) in [5.74, 6) is 0.918. The third kappa shape index (κ3) is 12.8. The predicted octanol–water partition coefficient (Wildman–Crippen LogP) is 10.3. The maximum atomic E-state index is 13.8. The van der Waals surface area contributed by atoms with E-state index in [0.717, 1.165) is 75.0 Å². The Bertz CT molecular complexity index is 1600. The highest BCUT2D eigenvalue weighted by molar-refractivity contribution is 5.94. The SMILES string of the molecule is C=C(C)C(=O)OCC(COC(=O)c1cc(OC(=O)C2CCC(C3CCC(CC)CC3)CC2)ccc1OC(=O)C1CCC(C2CCC(CC)CC2)CC1)OC(=O)C(=C)C. The lowest BCUT2D eigenvalue weighted by molar-refractivity contribution is -0.156. The van der Waals surface area contributed by atoms with Gasteiger partial charge in [-0.05, 0) is 145 Å². The highest BCUT2D eigenvalue weighted by Crippen LogP contribution is 2.44. The topological polar surface area (TPSA) is 132 Å². The van der Waals surface area contributed by atoms with Gasteiger partial charge in [0.15, 0.2) is 6.10 Å². The number of ether oxygens (including phenoxy) is 5. The third-order valence-electron chi connectivity index (χ3n) is 13.9. The molecule has 0 aromatic heterocycles. The van der Waals surface area contributed by atoms with Gasteiger partial charge in [-0.2, -0.15) is 0 Å². The first-order valence-corrected chi connectivity index (χ1v) is 22.3. The summed E-state index contributed by atoms with van der Waals surface area (Å²) < 4.78 is 28.0. The molecular weight excluding hydrogens is 737 g/mol. The van der Waals surface area contributed by atoms with Crippen LogP contribution in [0, 0.1) is 47.3 Å². The van der Waals surface area contributed by atoms with Crippen molar-refractivity contribution in [3.05, 3.63) is 48.1 Å². The van der Waals surface area contributed by atoms with E-state index in [1.807, 2.05) is 0 Å². The molecule has 4 aliphatic carbocycles. The van der Waals surface area contributed by atoms with Crippen LogP contribution in [-0.4, -0.2) is 49.2 Å². The summed E-state index contributed by atoms with van der Waals surface area (Å²) >= 11 is 0. The Kier molecular flexibility index (Phi) is 17.0. The molecule has 4 fully saturated rings. The number of rotatable bonds is 16. The Morgan fingerprint density at radius 3 is 1.47 bits per heavy atom. The molecule has 1 aromatic rings. The molecule has 320 valence electrons. The first-order chi connectivity index (χ1) is 27.8. The minimum Gasteiger partial charge on any atom is -0.458 e. The van der Waals surface area contributed by atoms with Gasteiger partial charge in [-0.15, -0.1) is 0 Å². The number of hydrogen-bond acceptors (Lipinski definition) is 10. The molecule has 0 spiro atoms. The largest absolute Gasteiger partial charge is 0.458 e. The van der Waals surface area contributed by atoms with Crippen molar-refractivity contribution in [2.75, 3.05) is 13.2 Å².